The van der Waals surface area contributed by atoms with E-state index < -0.39 is 61.4 Å². The Labute approximate surface area is 317 Å². The van der Waals surface area contributed by atoms with Gasteiger partial charge in [-0.05, 0) is 22.3 Å². The molecule has 0 aliphatic carbocycles. The van der Waals surface area contributed by atoms with E-state index in [1.54, 1.807) is 14.2 Å². The van der Waals surface area contributed by atoms with Crippen LogP contribution >= 0.6 is 0 Å². The molecule has 2 heterocycles. The first-order chi connectivity index (χ1) is 26.6. The molecule has 4 aromatic carbocycles. The maximum Gasteiger partial charge on any atom is 0.187 e. The maximum atomic E-state index is 10.8. The molecule has 2 aliphatic rings. The highest BCUT2D eigenvalue weighted by Crippen LogP contribution is 2.33. The molecule has 0 unspecified atom stereocenters. The van der Waals surface area contributed by atoms with Crippen molar-refractivity contribution in [1.29, 1.82) is 0 Å². The highest BCUT2D eigenvalue weighted by molar-refractivity contribution is 5.16. The van der Waals surface area contributed by atoms with Crippen LogP contribution in [0.3, 0.4) is 0 Å². The number of aliphatic hydroxyl groups is 1. The third kappa shape index (κ3) is 10.8. The molecule has 2 saturated heterocycles. The van der Waals surface area contributed by atoms with Crippen LogP contribution < -0.4 is 0 Å². The molecule has 54 heavy (non-hydrogen) atoms. The summed E-state index contributed by atoms with van der Waals surface area (Å²) in [5.41, 5.74) is 4.00. The number of benzene rings is 4. The first-order valence-corrected chi connectivity index (χ1v) is 18.3. The summed E-state index contributed by atoms with van der Waals surface area (Å²) in [7, 11) is 4.59. The molecule has 2 fully saturated rings. The van der Waals surface area contributed by atoms with Crippen molar-refractivity contribution in [2.45, 2.75) is 87.8 Å². The smallest absolute Gasteiger partial charge is 0.187 e. The molecule has 290 valence electrons. The molecule has 0 bridgehead atoms. The van der Waals surface area contributed by atoms with E-state index in [-0.39, 0.29) is 19.8 Å². The fourth-order valence-electron chi connectivity index (χ4n) is 6.90. The van der Waals surface area contributed by atoms with E-state index in [4.69, 9.17) is 47.4 Å². The Kier molecular flexibility index (Phi) is 15.6. The highest BCUT2D eigenvalue weighted by atomic mass is 16.7. The van der Waals surface area contributed by atoms with Gasteiger partial charge in [0.1, 0.15) is 48.8 Å². The van der Waals surface area contributed by atoms with Crippen LogP contribution in [0.25, 0.3) is 0 Å². The zero-order chi connectivity index (χ0) is 37.5. The summed E-state index contributed by atoms with van der Waals surface area (Å²) >= 11 is 0. The number of rotatable bonds is 19. The maximum absolute atomic E-state index is 10.8. The molecule has 6 rings (SSSR count). The van der Waals surface area contributed by atoms with Crippen LogP contribution in [-0.4, -0.2) is 101 Å². The van der Waals surface area contributed by atoms with Gasteiger partial charge in [0.25, 0.3) is 0 Å². The van der Waals surface area contributed by atoms with E-state index in [1.165, 1.54) is 7.11 Å². The van der Waals surface area contributed by atoms with Crippen molar-refractivity contribution in [3.8, 4) is 0 Å². The third-order valence-electron chi connectivity index (χ3n) is 9.69. The van der Waals surface area contributed by atoms with E-state index in [2.05, 4.69) is 0 Å². The Balaban J connectivity index is 1.31. The molecule has 11 nitrogen and oxygen atoms in total. The van der Waals surface area contributed by atoms with Gasteiger partial charge in [-0.2, -0.15) is 0 Å². The lowest BCUT2D eigenvalue weighted by Crippen LogP contribution is -2.63. The zero-order valence-electron chi connectivity index (χ0n) is 31.1. The Hall–Kier alpha value is -3.56. The Bertz CT molecular complexity index is 1600. The van der Waals surface area contributed by atoms with Gasteiger partial charge in [-0.25, -0.2) is 0 Å². The summed E-state index contributed by atoms with van der Waals surface area (Å²) in [4.78, 5) is 0. The molecule has 0 amide bonds. The molecule has 4 aromatic rings. The zero-order valence-corrected chi connectivity index (χ0v) is 31.1. The number of ether oxygens (including phenoxy) is 10. The van der Waals surface area contributed by atoms with Gasteiger partial charge in [0.05, 0.1) is 39.6 Å². The second kappa shape index (κ2) is 20.9. The van der Waals surface area contributed by atoms with Crippen LogP contribution in [-0.2, 0) is 73.8 Å². The van der Waals surface area contributed by atoms with Crippen LogP contribution in [0.5, 0.6) is 0 Å². The molecular formula is C43H52O11. The summed E-state index contributed by atoms with van der Waals surface area (Å²) in [6.45, 7) is 1.41. The summed E-state index contributed by atoms with van der Waals surface area (Å²) in [6, 6.07) is 39.8. The molecular weight excluding hydrogens is 692 g/mol. The largest absolute Gasteiger partial charge is 0.376 e. The SMILES string of the molecule is CO[C@@H]1[C@H](OC)[C@@H](O)O[C@H](CO[C@H]2O[C@H](COCc3ccccc3)[C@@H](OCc3ccccc3)[C@H](OCc3ccccc3)[C@@H]2OCc2ccccc2)[C@H]1OC. The fraction of sp³-hybridized carbons (Fsp3) is 0.442. The summed E-state index contributed by atoms with van der Waals surface area (Å²) in [6.07, 6.45) is -7.63. The van der Waals surface area contributed by atoms with Crippen LogP contribution in [0.1, 0.15) is 22.3 Å². The first-order valence-electron chi connectivity index (χ1n) is 18.3. The minimum absolute atomic E-state index is 0.0275. The van der Waals surface area contributed by atoms with Gasteiger partial charge in [-0.1, -0.05) is 121 Å². The molecule has 0 spiro atoms. The quantitative estimate of drug-likeness (QED) is 0.132. The van der Waals surface area contributed by atoms with Gasteiger partial charge in [0.2, 0.25) is 0 Å². The van der Waals surface area contributed by atoms with Crippen molar-refractivity contribution < 1.29 is 52.5 Å². The van der Waals surface area contributed by atoms with Crippen molar-refractivity contribution in [3.63, 3.8) is 0 Å². The molecule has 1 N–H and O–H groups in total. The van der Waals surface area contributed by atoms with Gasteiger partial charge in [-0.3, -0.25) is 0 Å². The van der Waals surface area contributed by atoms with Crippen molar-refractivity contribution >= 4 is 0 Å². The van der Waals surface area contributed by atoms with Gasteiger partial charge in [0.15, 0.2) is 12.6 Å². The minimum atomic E-state index is -1.27. The lowest BCUT2D eigenvalue weighted by atomic mass is 9.97. The molecule has 0 aromatic heterocycles. The molecule has 0 saturated carbocycles. The van der Waals surface area contributed by atoms with Crippen molar-refractivity contribution in [2.75, 3.05) is 34.5 Å². The van der Waals surface area contributed by atoms with Gasteiger partial charge < -0.3 is 52.5 Å². The van der Waals surface area contributed by atoms with E-state index in [1.807, 2.05) is 121 Å². The number of aliphatic hydroxyl groups excluding tert-OH is 1. The normalized spacial score (nSPS) is 28.5. The van der Waals surface area contributed by atoms with Crippen LogP contribution in [0, 0.1) is 0 Å². The van der Waals surface area contributed by atoms with E-state index in [9.17, 15) is 5.11 Å². The predicted molar refractivity (Wildman–Crippen MR) is 199 cm³/mol. The highest BCUT2D eigenvalue weighted by Gasteiger charge is 2.51. The average molecular weight is 745 g/mol. The monoisotopic (exact) mass is 744 g/mol. The van der Waals surface area contributed by atoms with Gasteiger partial charge in [0, 0.05) is 21.3 Å². The number of hydrogen-bond donors (Lipinski definition) is 1. The average Bonchev–Trinajstić information content (AvgIpc) is 3.22. The number of hydrogen-bond acceptors (Lipinski definition) is 11. The second-order valence-corrected chi connectivity index (χ2v) is 13.3. The van der Waals surface area contributed by atoms with E-state index >= 15 is 0 Å². The topological polar surface area (TPSA) is 113 Å². The standard InChI is InChI=1S/C43H52O11/c1-45-36-35(53-42(44)40(47-3)38(36)46-2)29-52-43-41(51-27-33-22-14-7-15-23-33)39(50-26-32-20-12-6-13-21-32)37(49-25-31-18-10-5-11-19-31)34(54-43)28-48-24-30-16-8-4-9-17-30/h4-23,34-44H,24-29H2,1-3H3/t34-,35-,36-,37-,38+,39+,40+,41+,42+,43+/m1/s1. The van der Waals surface area contributed by atoms with Crippen molar-refractivity contribution in [1.82, 2.24) is 0 Å². The fourth-order valence-corrected chi connectivity index (χ4v) is 6.90. The summed E-state index contributed by atoms with van der Waals surface area (Å²) < 4.78 is 63.0. The van der Waals surface area contributed by atoms with Gasteiger partial charge in [-0.15, -0.1) is 0 Å². The minimum Gasteiger partial charge on any atom is -0.376 e. The Morgan fingerprint density at radius 1 is 0.426 bits per heavy atom. The van der Waals surface area contributed by atoms with Crippen molar-refractivity contribution in [3.05, 3.63) is 144 Å². The molecule has 11 heteroatoms. The van der Waals surface area contributed by atoms with Crippen LogP contribution in [0.4, 0.5) is 0 Å². The third-order valence-corrected chi connectivity index (χ3v) is 9.69. The Morgan fingerprint density at radius 3 is 1.33 bits per heavy atom. The van der Waals surface area contributed by atoms with Gasteiger partial charge >= 0.3 is 0 Å². The number of methoxy groups -OCH3 is 3. The lowest BCUT2D eigenvalue weighted by molar-refractivity contribution is -0.345. The van der Waals surface area contributed by atoms with E-state index in [0.717, 1.165) is 22.3 Å². The Morgan fingerprint density at radius 2 is 0.852 bits per heavy atom. The molecule has 0 radical (unpaired) electrons. The predicted octanol–water partition coefficient (Wildman–Crippen LogP) is 5.46. The lowest BCUT2D eigenvalue weighted by Gasteiger charge is -2.47. The summed E-state index contributed by atoms with van der Waals surface area (Å²) in [5.74, 6) is 0. The second-order valence-electron chi connectivity index (χ2n) is 13.3. The first kappa shape index (κ1) is 40.1. The van der Waals surface area contributed by atoms with Crippen LogP contribution in [0.15, 0.2) is 121 Å². The van der Waals surface area contributed by atoms with Crippen molar-refractivity contribution in [2.24, 2.45) is 0 Å². The van der Waals surface area contributed by atoms with Crippen LogP contribution in [0.2, 0.25) is 0 Å². The summed E-state index contributed by atoms with van der Waals surface area (Å²) in [5, 5.41) is 10.8. The molecule has 10 atom stereocenters. The molecule has 2 aliphatic heterocycles. The van der Waals surface area contributed by atoms with E-state index in [0.29, 0.717) is 19.8 Å².